The first-order chi connectivity index (χ1) is 10.1. The lowest BCUT2D eigenvalue weighted by Crippen LogP contribution is -2.23. The molecule has 0 fully saturated rings. The number of Topliss-reactive ketones (excluding diaryl/α,β-unsaturated/α-hetero) is 1. The summed E-state index contributed by atoms with van der Waals surface area (Å²) in [7, 11) is 2.84. The molecular formula is C15H15NO5. The summed E-state index contributed by atoms with van der Waals surface area (Å²) in [5.41, 5.74) is 0.529. The average Bonchev–Trinajstić information content (AvgIpc) is 2.51. The Bertz CT molecular complexity index is 673. The van der Waals surface area contributed by atoms with Gasteiger partial charge in [-0.05, 0) is 24.6 Å². The monoisotopic (exact) mass is 289 g/mol. The van der Waals surface area contributed by atoms with Crippen LogP contribution in [0.2, 0.25) is 0 Å². The topological polar surface area (TPSA) is 85.2 Å². The lowest BCUT2D eigenvalue weighted by atomic mass is 9.85. The molecule has 0 spiro atoms. The van der Waals surface area contributed by atoms with Crippen LogP contribution in [0, 0.1) is 0 Å². The van der Waals surface area contributed by atoms with Crippen molar-refractivity contribution >= 4 is 17.3 Å². The van der Waals surface area contributed by atoms with Gasteiger partial charge in [-0.2, -0.15) is 0 Å². The SMILES string of the molecule is CCC(=NO)C1=CC(=O)c2c(OC)ccc(OC)c2C1=O. The van der Waals surface area contributed by atoms with E-state index in [1.807, 2.05) is 0 Å². The van der Waals surface area contributed by atoms with Gasteiger partial charge in [0, 0.05) is 0 Å². The smallest absolute Gasteiger partial charge is 0.199 e. The van der Waals surface area contributed by atoms with Gasteiger partial charge in [-0.15, -0.1) is 0 Å². The number of benzene rings is 1. The van der Waals surface area contributed by atoms with Gasteiger partial charge in [0.2, 0.25) is 0 Å². The number of ketones is 2. The third kappa shape index (κ3) is 2.29. The van der Waals surface area contributed by atoms with Crippen molar-refractivity contribution in [1.82, 2.24) is 0 Å². The number of allylic oxidation sites excluding steroid dienone is 2. The minimum absolute atomic E-state index is 0.0732. The van der Waals surface area contributed by atoms with Gasteiger partial charge in [0.25, 0.3) is 0 Å². The Morgan fingerprint density at radius 3 is 2.19 bits per heavy atom. The maximum atomic E-state index is 12.6. The zero-order chi connectivity index (χ0) is 15.6. The normalized spacial score (nSPS) is 14.6. The summed E-state index contributed by atoms with van der Waals surface area (Å²) in [5, 5.41) is 12.1. The van der Waals surface area contributed by atoms with Crippen molar-refractivity contribution in [3.8, 4) is 11.5 Å². The highest BCUT2D eigenvalue weighted by atomic mass is 16.5. The second kappa shape index (κ2) is 5.78. The molecule has 0 saturated carbocycles. The van der Waals surface area contributed by atoms with E-state index in [0.717, 1.165) is 0 Å². The third-order valence-corrected chi connectivity index (χ3v) is 3.33. The Balaban J connectivity index is 2.72. The van der Waals surface area contributed by atoms with Crippen molar-refractivity contribution in [3.63, 3.8) is 0 Å². The standard InChI is InChI=1S/C15H15NO5/c1-4-9(16-19)8-7-10(17)13-11(20-2)5-6-12(21-3)14(13)15(8)18/h5-7,19H,4H2,1-3H3. The molecular weight excluding hydrogens is 274 g/mol. The molecule has 6 heteroatoms. The number of ether oxygens (including phenoxy) is 2. The summed E-state index contributed by atoms with van der Waals surface area (Å²) < 4.78 is 10.3. The summed E-state index contributed by atoms with van der Waals surface area (Å²) in [6, 6.07) is 3.13. The second-order valence-electron chi connectivity index (χ2n) is 4.37. The molecule has 0 radical (unpaired) electrons. The van der Waals surface area contributed by atoms with E-state index in [4.69, 9.17) is 14.7 Å². The van der Waals surface area contributed by atoms with Crippen LogP contribution in [0.4, 0.5) is 0 Å². The fraction of sp³-hybridized carbons (Fsp3) is 0.267. The van der Waals surface area contributed by atoms with Gasteiger partial charge in [-0.25, -0.2) is 0 Å². The second-order valence-corrected chi connectivity index (χ2v) is 4.37. The van der Waals surface area contributed by atoms with Crippen molar-refractivity contribution in [2.45, 2.75) is 13.3 Å². The van der Waals surface area contributed by atoms with Crippen molar-refractivity contribution in [1.29, 1.82) is 0 Å². The summed E-state index contributed by atoms with van der Waals surface area (Å²) >= 11 is 0. The number of oxime groups is 1. The van der Waals surface area contributed by atoms with E-state index in [1.54, 1.807) is 19.1 Å². The third-order valence-electron chi connectivity index (χ3n) is 3.33. The minimum Gasteiger partial charge on any atom is -0.496 e. The van der Waals surface area contributed by atoms with Crippen LogP contribution in [0.25, 0.3) is 0 Å². The molecule has 6 nitrogen and oxygen atoms in total. The van der Waals surface area contributed by atoms with E-state index in [2.05, 4.69) is 5.16 Å². The predicted molar refractivity (Wildman–Crippen MR) is 75.8 cm³/mol. The first-order valence-electron chi connectivity index (χ1n) is 6.36. The Labute approximate surface area is 121 Å². The Hall–Kier alpha value is -2.63. The van der Waals surface area contributed by atoms with Crippen LogP contribution in [0.1, 0.15) is 34.1 Å². The molecule has 0 aromatic heterocycles. The summed E-state index contributed by atoms with van der Waals surface area (Å²) in [5.74, 6) is -0.221. The van der Waals surface area contributed by atoms with Gasteiger partial charge in [0.05, 0.1) is 36.6 Å². The van der Waals surface area contributed by atoms with Crippen LogP contribution < -0.4 is 9.47 Å². The lowest BCUT2D eigenvalue weighted by molar-refractivity contribution is 0.0983. The van der Waals surface area contributed by atoms with Gasteiger partial charge in [0.1, 0.15) is 11.5 Å². The molecule has 0 saturated heterocycles. The Kier molecular flexibility index (Phi) is 4.07. The van der Waals surface area contributed by atoms with E-state index >= 15 is 0 Å². The molecule has 1 aliphatic rings. The van der Waals surface area contributed by atoms with Gasteiger partial charge in [0.15, 0.2) is 11.6 Å². The fourth-order valence-corrected chi connectivity index (χ4v) is 2.31. The molecule has 110 valence electrons. The van der Waals surface area contributed by atoms with Crippen LogP contribution in [-0.2, 0) is 0 Å². The quantitative estimate of drug-likeness (QED) is 0.522. The maximum Gasteiger partial charge on any atom is 0.199 e. The van der Waals surface area contributed by atoms with Crippen molar-refractivity contribution < 1.29 is 24.3 Å². The lowest BCUT2D eigenvalue weighted by Gasteiger charge is -2.19. The Morgan fingerprint density at radius 2 is 1.71 bits per heavy atom. The van der Waals surface area contributed by atoms with Crippen LogP contribution in [0.15, 0.2) is 28.9 Å². The molecule has 0 heterocycles. The highest BCUT2D eigenvalue weighted by Crippen LogP contribution is 2.36. The van der Waals surface area contributed by atoms with E-state index in [9.17, 15) is 9.59 Å². The highest BCUT2D eigenvalue weighted by molar-refractivity contribution is 6.37. The molecule has 0 amide bonds. The Morgan fingerprint density at radius 1 is 1.14 bits per heavy atom. The van der Waals surface area contributed by atoms with Crippen molar-refractivity contribution in [2.24, 2.45) is 5.16 Å². The number of carbonyl (C=O) groups excluding carboxylic acids is 2. The molecule has 0 bridgehead atoms. The van der Waals surface area contributed by atoms with Gasteiger partial charge < -0.3 is 14.7 Å². The van der Waals surface area contributed by atoms with Gasteiger partial charge in [-0.3, -0.25) is 9.59 Å². The first-order valence-corrected chi connectivity index (χ1v) is 6.36. The minimum atomic E-state index is -0.421. The number of hydrogen-bond acceptors (Lipinski definition) is 6. The maximum absolute atomic E-state index is 12.6. The predicted octanol–water partition coefficient (Wildman–Crippen LogP) is 2.25. The molecule has 21 heavy (non-hydrogen) atoms. The van der Waals surface area contributed by atoms with E-state index in [1.165, 1.54) is 20.3 Å². The van der Waals surface area contributed by atoms with Crippen LogP contribution in [-0.4, -0.2) is 36.7 Å². The molecule has 0 aliphatic heterocycles. The average molecular weight is 289 g/mol. The fourth-order valence-electron chi connectivity index (χ4n) is 2.31. The zero-order valence-electron chi connectivity index (χ0n) is 12.0. The molecule has 1 aliphatic carbocycles. The van der Waals surface area contributed by atoms with Crippen molar-refractivity contribution in [3.05, 3.63) is 34.9 Å². The number of methoxy groups -OCH3 is 2. The molecule has 1 aromatic rings. The highest BCUT2D eigenvalue weighted by Gasteiger charge is 2.33. The number of hydrogen-bond donors (Lipinski definition) is 1. The number of rotatable bonds is 4. The molecule has 0 atom stereocenters. The zero-order valence-corrected chi connectivity index (χ0v) is 12.0. The number of fused-ring (bicyclic) bond motifs is 1. The van der Waals surface area contributed by atoms with Crippen LogP contribution in [0.5, 0.6) is 11.5 Å². The van der Waals surface area contributed by atoms with Crippen LogP contribution >= 0.6 is 0 Å². The largest absolute Gasteiger partial charge is 0.496 e. The number of carbonyl (C=O) groups is 2. The van der Waals surface area contributed by atoms with Gasteiger partial charge in [-0.1, -0.05) is 12.1 Å². The van der Waals surface area contributed by atoms with E-state index < -0.39 is 5.78 Å². The first kappa shape index (κ1) is 14.8. The summed E-state index contributed by atoms with van der Waals surface area (Å²) in [4.78, 5) is 24.9. The van der Waals surface area contributed by atoms with Crippen molar-refractivity contribution in [2.75, 3.05) is 14.2 Å². The van der Waals surface area contributed by atoms with Crippen LogP contribution in [0.3, 0.4) is 0 Å². The van der Waals surface area contributed by atoms with E-state index in [-0.39, 0.29) is 33.9 Å². The number of nitrogens with zero attached hydrogens (tertiary/aromatic N) is 1. The summed E-state index contributed by atoms with van der Waals surface area (Å²) in [6.07, 6.45) is 1.49. The molecule has 0 unspecified atom stereocenters. The van der Waals surface area contributed by atoms with E-state index in [0.29, 0.717) is 12.2 Å². The van der Waals surface area contributed by atoms with Gasteiger partial charge >= 0.3 is 0 Å². The molecule has 1 aromatic carbocycles. The summed E-state index contributed by atoms with van der Waals surface area (Å²) in [6.45, 7) is 1.73. The molecule has 1 N–H and O–H groups in total. The molecule has 2 rings (SSSR count).